The molecule has 22 heavy (non-hydrogen) atoms. The molecule has 112 valence electrons. The number of hydrogen-bond donors (Lipinski definition) is 1. The zero-order valence-corrected chi connectivity index (χ0v) is 13.9. The van der Waals surface area contributed by atoms with E-state index in [9.17, 15) is 0 Å². The number of aromatic nitrogens is 1. The average Bonchev–Trinajstić information content (AvgIpc) is 3.05. The third-order valence-corrected chi connectivity index (χ3v) is 5.70. The maximum atomic E-state index is 4.76. The minimum atomic E-state index is 0.465. The topological polar surface area (TPSA) is 24.9 Å². The first-order valence-corrected chi connectivity index (χ1v) is 9.48. The van der Waals surface area contributed by atoms with Gasteiger partial charge in [-0.05, 0) is 35.8 Å². The molecule has 4 rings (SSSR count). The van der Waals surface area contributed by atoms with E-state index >= 15 is 0 Å². The molecular weight excluding hydrogens is 308 g/mol. The molecule has 1 saturated carbocycles. The fourth-order valence-corrected chi connectivity index (χ4v) is 4.30. The van der Waals surface area contributed by atoms with E-state index in [0.29, 0.717) is 6.04 Å². The van der Waals surface area contributed by atoms with Crippen LogP contribution in [0.4, 0.5) is 0 Å². The summed E-state index contributed by atoms with van der Waals surface area (Å²) in [4.78, 5) is 4.76. The van der Waals surface area contributed by atoms with Crippen LogP contribution in [-0.4, -0.2) is 4.98 Å². The van der Waals surface area contributed by atoms with Crippen molar-refractivity contribution in [2.75, 3.05) is 0 Å². The molecule has 0 saturated heterocycles. The first-order chi connectivity index (χ1) is 10.9. The molecule has 1 aromatic carbocycles. The van der Waals surface area contributed by atoms with Gasteiger partial charge in [-0.25, -0.2) is 4.98 Å². The molecule has 0 bridgehead atoms. The van der Waals surface area contributed by atoms with Gasteiger partial charge < -0.3 is 5.32 Å². The van der Waals surface area contributed by atoms with E-state index in [1.165, 1.54) is 24.0 Å². The van der Waals surface area contributed by atoms with Crippen LogP contribution in [0.15, 0.2) is 52.5 Å². The molecule has 3 aromatic rings. The zero-order valence-electron chi connectivity index (χ0n) is 12.2. The molecule has 1 aliphatic rings. The lowest BCUT2D eigenvalue weighted by molar-refractivity contribution is 0.477. The third kappa shape index (κ3) is 3.14. The van der Waals surface area contributed by atoms with Crippen LogP contribution in [0.5, 0.6) is 0 Å². The van der Waals surface area contributed by atoms with E-state index < -0.39 is 0 Å². The lowest BCUT2D eigenvalue weighted by Crippen LogP contribution is -2.22. The number of benzene rings is 1. The SMILES string of the molecule is c1ccc([C@H](NCc2csc(-c3ccsc3)n2)C2CC2)cc1. The maximum absolute atomic E-state index is 4.76. The Balaban J connectivity index is 1.45. The van der Waals surface area contributed by atoms with Crippen molar-refractivity contribution in [3.63, 3.8) is 0 Å². The Morgan fingerprint density at radius 1 is 1.14 bits per heavy atom. The molecular formula is C18H18N2S2. The summed E-state index contributed by atoms with van der Waals surface area (Å²) in [7, 11) is 0. The summed E-state index contributed by atoms with van der Waals surface area (Å²) < 4.78 is 0. The lowest BCUT2D eigenvalue weighted by atomic mass is 10.0. The molecule has 0 radical (unpaired) electrons. The van der Waals surface area contributed by atoms with Gasteiger partial charge in [0, 0.05) is 28.9 Å². The minimum Gasteiger partial charge on any atom is -0.304 e. The van der Waals surface area contributed by atoms with E-state index in [1.807, 2.05) is 0 Å². The summed E-state index contributed by atoms with van der Waals surface area (Å²) in [5.41, 5.74) is 3.79. The summed E-state index contributed by atoms with van der Waals surface area (Å²) in [5.74, 6) is 0.789. The smallest absolute Gasteiger partial charge is 0.124 e. The Bertz CT molecular complexity index is 715. The zero-order chi connectivity index (χ0) is 14.8. The summed E-state index contributed by atoms with van der Waals surface area (Å²) in [6.07, 6.45) is 2.67. The van der Waals surface area contributed by atoms with Gasteiger partial charge in [-0.1, -0.05) is 30.3 Å². The molecule has 1 aliphatic carbocycles. The number of thiophene rings is 1. The largest absolute Gasteiger partial charge is 0.304 e. The third-order valence-electron chi connectivity index (χ3n) is 4.08. The lowest BCUT2D eigenvalue weighted by Gasteiger charge is -2.18. The number of rotatable bonds is 6. The highest BCUT2D eigenvalue weighted by Gasteiger charge is 2.31. The minimum absolute atomic E-state index is 0.465. The summed E-state index contributed by atoms with van der Waals surface area (Å²) in [6.45, 7) is 0.844. The van der Waals surface area contributed by atoms with Crippen molar-refractivity contribution < 1.29 is 0 Å². The fraction of sp³-hybridized carbons (Fsp3) is 0.278. The van der Waals surface area contributed by atoms with Gasteiger partial charge in [0.25, 0.3) is 0 Å². The molecule has 4 heteroatoms. The van der Waals surface area contributed by atoms with Gasteiger partial charge in [0.15, 0.2) is 0 Å². The molecule has 0 unspecified atom stereocenters. The van der Waals surface area contributed by atoms with E-state index in [0.717, 1.165) is 23.2 Å². The quantitative estimate of drug-likeness (QED) is 0.680. The molecule has 2 heterocycles. The molecule has 0 amide bonds. The average molecular weight is 326 g/mol. The second-order valence-electron chi connectivity index (χ2n) is 5.76. The van der Waals surface area contributed by atoms with Crippen molar-refractivity contribution in [2.45, 2.75) is 25.4 Å². The first-order valence-electron chi connectivity index (χ1n) is 7.65. The van der Waals surface area contributed by atoms with Crippen LogP contribution in [0, 0.1) is 5.92 Å². The van der Waals surface area contributed by atoms with Crippen LogP contribution in [0.1, 0.15) is 30.1 Å². The van der Waals surface area contributed by atoms with Crippen LogP contribution in [0.25, 0.3) is 10.6 Å². The van der Waals surface area contributed by atoms with Crippen LogP contribution >= 0.6 is 22.7 Å². The van der Waals surface area contributed by atoms with E-state index in [1.54, 1.807) is 22.7 Å². The standard InChI is InChI=1S/C18H18N2S2/c1-2-4-13(5-3-1)17(14-6-7-14)19-10-16-12-22-18(20-16)15-8-9-21-11-15/h1-5,8-9,11-12,14,17,19H,6-7,10H2/t17-/m0/s1. The molecule has 0 aliphatic heterocycles. The van der Waals surface area contributed by atoms with E-state index in [-0.39, 0.29) is 0 Å². The first kappa shape index (κ1) is 14.1. The summed E-state index contributed by atoms with van der Waals surface area (Å²) in [5, 5.41) is 11.3. The van der Waals surface area contributed by atoms with Crippen molar-refractivity contribution in [2.24, 2.45) is 5.92 Å². The van der Waals surface area contributed by atoms with Crippen LogP contribution in [0.2, 0.25) is 0 Å². The van der Waals surface area contributed by atoms with Gasteiger partial charge in [-0.15, -0.1) is 11.3 Å². The molecule has 2 aromatic heterocycles. The van der Waals surface area contributed by atoms with Crippen molar-refractivity contribution in [1.82, 2.24) is 10.3 Å². The molecule has 2 nitrogen and oxygen atoms in total. The Labute approximate surface area is 138 Å². The highest BCUT2D eigenvalue weighted by molar-refractivity contribution is 7.14. The van der Waals surface area contributed by atoms with Gasteiger partial charge in [0.2, 0.25) is 0 Å². The second-order valence-corrected chi connectivity index (χ2v) is 7.40. The monoisotopic (exact) mass is 326 g/mol. The van der Waals surface area contributed by atoms with E-state index in [2.05, 4.69) is 57.9 Å². The van der Waals surface area contributed by atoms with Crippen LogP contribution in [0.3, 0.4) is 0 Å². The highest BCUT2D eigenvalue weighted by Crippen LogP contribution is 2.41. The van der Waals surface area contributed by atoms with Gasteiger partial charge in [-0.3, -0.25) is 0 Å². The summed E-state index contributed by atoms with van der Waals surface area (Å²) in [6, 6.07) is 13.4. The Hall–Kier alpha value is -1.49. The van der Waals surface area contributed by atoms with Crippen LogP contribution < -0.4 is 5.32 Å². The Morgan fingerprint density at radius 2 is 2.00 bits per heavy atom. The predicted molar refractivity (Wildman–Crippen MR) is 94.2 cm³/mol. The number of thiazole rings is 1. The van der Waals surface area contributed by atoms with Gasteiger partial charge >= 0.3 is 0 Å². The normalized spacial score (nSPS) is 15.8. The molecule has 1 fully saturated rings. The summed E-state index contributed by atoms with van der Waals surface area (Å²) >= 11 is 3.46. The molecule has 0 spiro atoms. The van der Waals surface area contributed by atoms with Crippen molar-refractivity contribution in [3.05, 3.63) is 63.8 Å². The molecule has 1 N–H and O–H groups in total. The van der Waals surface area contributed by atoms with Gasteiger partial charge in [0.05, 0.1) is 5.69 Å². The number of nitrogens with zero attached hydrogens (tertiary/aromatic N) is 1. The van der Waals surface area contributed by atoms with Gasteiger partial charge in [0.1, 0.15) is 5.01 Å². The van der Waals surface area contributed by atoms with E-state index in [4.69, 9.17) is 4.98 Å². The second kappa shape index (κ2) is 6.32. The predicted octanol–water partition coefficient (Wildman–Crippen LogP) is 5.11. The van der Waals surface area contributed by atoms with Crippen molar-refractivity contribution >= 4 is 22.7 Å². The number of nitrogens with one attached hydrogen (secondary N) is 1. The van der Waals surface area contributed by atoms with Crippen LogP contribution in [-0.2, 0) is 6.54 Å². The van der Waals surface area contributed by atoms with Gasteiger partial charge in [-0.2, -0.15) is 11.3 Å². The molecule has 1 atom stereocenters. The number of hydrogen-bond acceptors (Lipinski definition) is 4. The highest BCUT2D eigenvalue weighted by atomic mass is 32.1. The fourth-order valence-electron chi connectivity index (χ4n) is 2.77. The van der Waals surface area contributed by atoms with Crippen molar-refractivity contribution in [3.8, 4) is 10.6 Å². The Morgan fingerprint density at radius 3 is 2.73 bits per heavy atom. The maximum Gasteiger partial charge on any atom is 0.124 e. The van der Waals surface area contributed by atoms with Crippen molar-refractivity contribution in [1.29, 1.82) is 0 Å². The Kier molecular flexibility index (Phi) is 4.06.